The smallest absolute Gasteiger partial charge is 0.326 e. The Bertz CT molecular complexity index is 490. The van der Waals surface area contributed by atoms with Crippen LogP contribution in [0.2, 0.25) is 5.02 Å². The zero-order valence-corrected chi connectivity index (χ0v) is 12.2. The summed E-state index contributed by atoms with van der Waals surface area (Å²) >= 11 is 5.82. The first-order valence-corrected chi connectivity index (χ1v) is 6.73. The third-order valence-electron chi connectivity index (χ3n) is 2.71. The molecule has 0 aromatic heterocycles. The highest BCUT2D eigenvalue weighted by molar-refractivity contribution is 6.30. The van der Waals surface area contributed by atoms with Gasteiger partial charge in [-0.2, -0.15) is 0 Å². The van der Waals surface area contributed by atoms with Gasteiger partial charge in [-0.05, 0) is 37.1 Å². The van der Waals surface area contributed by atoms with Crippen LogP contribution in [0, 0.1) is 6.92 Å². The van der Waals surface area contributed by atoms with Crippen molar-refractivity contribution in [3.8, 4) is 5.75 Å². The maximum atomic E-state index is 11.7. The van der Waals surface area contributed by atoms with Gasteiger partial charge in [0.2, 0.25) is 0 Å². The molecule has 0 fully saturated rings. The first-order chi connectivity index (χ1) is 9.43. The molecule has 5 nitrogen and oxygen atoms in total. The monoisotopic (exact) mass is 299 g/mol. The number of hydrogen-bond acceptors (Lipinski definition) is 3. The van der Waals surface area contributed by atoms with Crippen molar-refractivity contribution in [2.24, 2.45) is 0 Å². The molecule has 1 aromatic rings. The highest BCUT2D eigenvalue weighted by Crippen LogP contribution is 2.21. The second kappa shape index (κ2) is 7.75. The van der Waals surface area contributed by atoms with E-state index >= 15 is 0 Å². The van der Waals surface area contributed by atoms with E-state index < -0.39 is 17.9 Å². The molecule has 0 aliphatic rings. The fraction of sp³-hybridized carbons (Fsp3) is 0.429. The molecule has 20 heavy (non-hydrogen) atoms. The Balaban J connectivity index is 2.52. The summed E-state index contributed by atoms with van der Waals surface area (Å²) in [5.41, 5.74) is 0.814. The predicted molar refractivity (Wildman–Crippen MR) is 76.2 cm³/mol. The lowest BCUT2D eigenvalue weighted by Gasteiger charge is -2.14. The lowest BCUT2D eigenvalue weighted by atomic mass is 10.2. The average molecular weight is 300 g/mol. The van der Waals surface area contributed by atoms with E-state index in [1.807, 2.05) is 13.8 Å². The summed E-state index contributed by atoms with van der Waals surface area (Å²) < 4.78 is 5.35. The van der Waals surface area contributed by atoms with E-state index in [1.54, 1.807) is 18.2 Å². The number of nitrogens with one attached hydrogen (secondary N) is 1. The van der Waals surface area contributed by atoms with Crippen molar-refractivity contribution in [1.82, 2.24) is 5.32 Å². The van der Waals surface area contributed by atoms with Gasteiger partial charge in [-0.3, -0.25) is 4.79 Å². The molecule has 2 N–H and O–H groups in total. The topological polar surface area (TPSA) is 75.6 Å². The van der Waals surface area contributed by atoms with Gasteiger partial charge in [-0.15, -0.1) is 0 Å². The minimum atomic E-state index is -1.04. The Morgan fingerprint density at radius 2 is 2.15 bits per heavy atom. The maximum absolute atomic E-state index is 11.7. The molecule has 1 amide bonds. The standard InChI is InChI=1S/C14H18ClNO4/c1-3-4-11(14(18)19)16-13(17)8-20-12-6-5-10(15)7-9(12)2/h5-7,11H,3-4,8H2,1-2H3,(H,16,17)(H,18,19). The van der Waals surface area contributed by atoms with Crippen molar-refractivity contribution < 1.29 is 19.4 Å². The minimum absolute atomic E-state index is 0.226. The SMILES string of the molecule is CCCC(NC(=O)COc1ccc(Cl)cc1C)C(=O)O. The molecule has 1 atom stereocenters. The zero-order valence-electron chi connectivity index (χ0n) is 11.5. The maximum Gasteiger partial charge on any atom is 0.326 e. The Morgan fingerprint density at radius 1 is 1.45 bits per heavy atom. The van der Waals surface area contributed by atoms with Crippen molar-refractivity contribution >= 4 is 23.5 Å². The molecule has 110 valence electrons. The normalized spacial score (nSPS) is 11.8. The number of carboxylic acids is 1. The van der Waals surface area contributed by atoms with E-state index in [2.05, 4.69) is 5.32 Å². The highest BCUT2D eigenvalue weighted by Gasteiger charge is 2.18. The van der Waals surface area contributed by atoms with Crippen LogP contribution in [0.4, 0.5) is 0 Å². The van der Waals surface area contributed by atoms with Crippen LogP contribution in [0.3, 0.4) is 0 Å². The van der Waals surface area contributed by atoms with Gasteiger partial charge in [0.25, 0.3) is 5.91 Å². The van der Waals surface area contributed by atoms with Crippen LogP contribution in [0.1, 0.15) is 25.3 Å². The molecule has 0 saturated heterocycles. The predicted octanol–water partition coefficient (Wildman–Crippen LogP) is 2.40. The summed E-state index contributed by atoms with van der Waals surface area (Å²) in [5.74, 6) is -0.949. The van der Waals surface area contributed by atoms with Gasteiger partial charge in [0.1, 0.15) is 11.8 Å². The number of amides is 1. The molecule has 0 bridgehead atoms. The molecule has 0 aliphatic heterocycles. The second-order valence-corrected chi connectivity index (χ2v) is 4.88. The quantitative estimate of drug-likeness (QED) is 0.810. The van der Waals surface area contributed by atoms with Crippen LogP contribution in [0.5, 0.6) is 5.75 Å². The molecule has 1 aromatic carbocycles. The number of carbonyl (C=O) groups excluding carboxylic acids is 1. The van der Waals surface area contributed by atoms with Crippen molar-refractivity contribution in [3.63, 3.8) is 0 Å². The summed E-state index contributed by atoms with van der Waals surface area (Å²) in [6.45, 7) is 3.45. The van der Waals surface area contributed by atoms with E-state index in [1.165, 1.54) is 0 Å². The summed E-state index contributed by atoms with van der Waals surface area (Å²) in [5, 5.41) is 12.0. The van der Waals surface area contributed by atoms with Gasteiger partial charge in [0.05, 0.1) is 0 Å². The largest absolute Gasteiger partial charge is 0.484 e. The third-order valence-corrected chi connectivity index (χ3v) is 2.94. The van der Waals surface area contributed by atoms with Gasteiger partial charge >= 0.3 is 5.97 Å². The Labute approximate surface area is 122 Å². The van der Waals surface area contributed by atoms with Crippen molar-refractivity contribution in [2.45, 2.75) is 32.7 Å². The lowest BCUT2D eigenvalue weighted by Crippen LogP contribution is -2.42. The number of aliphatic carboxylic acids is 1. The number of ether oxygens (including phenoxy) is 1. The molecule has 0 heterocycles. The number of halogens is 1. The Morgan fingerprint density at radius 3 is 2.70 bits per heavy atom. The molecule has 1 rings (SSSR count). The minimum Gasteiger partial charge on any atom is -0.484 e. The van der Waals surface area contributed by atoms with E-state index in [0.29, 0.717) is 23.6 Å². The van der Waals surface area contributed by atoms with Gasteiger partial charge in [-0.25, -0.2) is 4.79 Å². The summed E-state index contributed by atoms with van der Waals surface area (Å²) in [6, 6.07) is 4.19. The number of aryl methyl sites for hydroxylation is 1. The lowest BCUT2D eigenvalue weighted by molar-refractivity contribution is -0.142. The molecule has 0 radical (unpaired) electrons. The summed E-state index contributed by atoms with van der Waals surface area (Å²) in [6.07, 6.45) is 1.06. The van der Waals surface area contributed by atoms with E-state index in [4.69, 9.17) is 21.4 Å². The number of benzene rings is 1. The van der Waals surface area contributed by atoms with Crippen molar-refractivity contribution in [3.05, 3.63) is 28.8 Å². The van der Waals surface area contributed by atoms with E-state index in [0.717, 1.165) is 5.56 Å². The van der Waals surface area contributed by atoms with Crippen LogP contribution in [0.15, 0.2) is 18.2 Å². The Hall–Kier alpha value is -1.75. The summed E-state index contributed by atoms with van der Waals surface area (Å²) in [7, 11) is 0. The number of rotatable bonds is 7. The van der Waals surface area contributed by atoms with Crippen LogP contribution in [-0.4, -0.2) is 29.6 Å². The number of hydrogen-bond donors (Lipinski definition) is 2. The first kappa shape index (κ1) is 16.3. The van der Waals surface area contributed by atoms with Gasteiger partial charge in [-0.1, -0.05) is 24.9 Å². The fourth-order valence-electron chi connectivity index (χ4n) is 1.70. The zero-order chi connectivity index (χ0) is 15.1. The van der Waals surface area contributed by atoms with Crippen molar-refractivity contribution in [2.75, 3.05) is 6.61 Å². The third kappa shape index (κ3) is 5.09. The van der Waals surface area contributed by atoms with E-state index in [-0.39, 0.29) is 6.61 Å². The molecule has 0 aliphatic carbocycles. The molecule has 0 spiro atoms. The number of carbonyl (C=O) groups is 2. The van der Waals surface area contributed by atoms with Gasteiger partial charge in [0, 0.05) is 5.02 Å². The van der Waals surface area contributed by atoms with Crippen molar-refractivity contribution in [1.29, 1.82) is 0 Å². The van der Waals surface area contributed by atoms with Crippen LogP contribution in [-0.2, 0) is 9.59 Å². The van der Waals surface area contributed by atoms with Crippen LogP contribution >= 0.6 is 11.6 Å². The van der Waals surface area contributed by atoms with Gasteiger partial charge < -0.3 is 15.2 Å². The molecule has 0 saturated carbocycles. The molecule has 6 heteroatoms. The highest BCUT2D eigenvalue weighted by atomic mass is 35.5. The molecular formula is C14H18ClNO4. The summed E-state index contributed by atoms with van der Waals surface area (Å²) in [4.78, 5) is 22.6. The number of carboxylic acid groups (broad SMARTS) is 1. The Kier molecular flexibility index (Phi) is 6.31. The average Bonchev–Trinajstić information content (AvgIpc) is 2.37. The van der Waals surface area contributed by atoms with Crippen LogP contribution < -0.4 is 10.1 Å². The van der Waals surface area contributed by atoms with E-state index in [9.17, 15) is 9.59 Å². The first-order valence-electron chi connectivity index (χ1n) is 6.35. The molecule has 1 unspecified atom stereocenters. The fourth-order valence-corrected chi connectivity index (χ4v) is 1.93. The molecular weight excluding hydrogens is 282 g/mol. The second-order valence-electron chi connectivity index (χ2n) is 4.45. The van der Waals surface area contributed by atoms with Crippen LogP contribution in [0.25, 0.3) is 0 Å². The van der Waals surface area contributed by atoms with Gasteiger partial charge in [0.15, 0.2) is 6.61 Å².